The van der Waals surface area contributed by atoms with Crippen molar-refractivity contribution in [1.29, 1.82) is 0 Å². The zero-order chi connectivity index (χ0) is 11.1. The van der Waals surface area contributed by atoms with Crippen LogP contribution in [-0.2, 0) is 12.6 Å². The fraction of sp³-hybridized carbons (Fsp3) is 0.700. The molecule has 4 nitrogen and oxygen atoms in total. The van der Waals surface area contributed by atoms with Crippen molar-refractivity contribution in [3.63, 3.8) is 0 Å². The van der Waals surface area contributed by atoms with Gasteiger partial charge in [-0.05, 0) is 25.7 Å². The topological polar surface area (TPSA) is 64.1 Å². The second-order valence-corrected chi connectivity index (χ2v) is 4.76. The molecule has 0 bridgehead atoms. The minimum atomic E-state index is -0.903. The van der Waals surface area contributed by atoms with Crippen LogP contribution in [0.15, 0.2) is 6.20 Å². The van der Waals surface area contributed by atoms with Gasteiger partial charge in [0.15, 0.2) is 0 Å². The van der Waals surface area contributed by atoms with E-state index < -0.39 is 5.60 Å². The molecule has 5 heteroatoms. The third-order valence-corrected chi connectivity index (χ3v) is 3.38. The van der Waals surface area contributed by atoms with Gasteiger partial charge in [-0.15, -0.1) is 0 Å². The lowest BCUT2D eigenvalue weighted by atomic mass is 9.80. The Hall–Kier alpha value is -0.580. The van der Waals surface area contributed by atoms with E-state index in [1.165, 1.54) is 0 Å². The predicted molar refractivity (Wildman–Crippen MR) is 58.6 cm³/mol. The van der Waals surface area contributed by atoms with Gasteiger partial charge in [0.25, 0.3) is 0 Å². The van der Waals surface area contributed by atoms with Crippen LogP contribution in [0.25, 0.3) is 0 Å². The molecule has 0 aliphatic heterocycles. The summed E-state index contributed by atoms with van der Waals surface area (Å²) < 4.78 is 1.64. The number of aryl methyl sites for hydroxylation is 1. The molecule has 1 aromatic heterocycles. The Balaban J connectivity index is 2.36. The van der Waals surface area contributed by atoms with E-state index in [9.17, 15) is 5.11 Å². The van der Waals surface area contributed by atoms with Crippen LogP contribution in [-0.4, -0.2) is 20.9 Å². The van der Waals surface area contributed by atoms with Gasteiger partial charge >= 0.3 is 0 Å². The number of hydrogen-bond donors (Lipinski definition) is 2. The molecule has 84 valence electrons. The average molecular weight is 230 g/mol. The monoisotopic (exact) mass is 229 g/mol. The molecule has 1 saturated carbocycles. The van der Waals surface area contributed by atoms with Crippen LogP contribution in [0.4, 0.5) is 0 Å². The lowest BCUT2D eigenvalue weighted by molar-refractivity contribution is -0.0141. The first-order chi connectivity index (χ1) is 7.03. The van der Waals surface area contributed by atoms with Gasteiger partial charge in [0.1, 0.15) is 5.60 Å². The number of nitrogens with two attached hydrogens (primary N) is 1. The molecular weight excluding hydrogens is 214 g/mol. The van der Waals surface area contributed by atoms with Crippen LogP contribution < -0.4 is 5.73 Å². The van der Waals surface area contributed by atoms with Crippen molar-refractivity contribution in [3.05, 3.63) is 16.9 Å². The molecule has 1 aliphatic rings. The third-order valence-electron chi connectivity index (χ3n) is 3.10. The first-order valence-electron chi connectivity index (χ1n) is 5.19. The van der Waals surface area contributed by atoms with Crippen LogP contribution in [0.1, 0.15) is 31.4 Å². The van der Waals surface area contributed by atoms with Crippen LogP contribution in [0.3, 0.4) is 0 Å². The number of aliphatic hydroxyl groups is 1. The molecule has 0 amide bonds. The van der Waals surface area contributed by atoms with Crippen LogP contribution >= 0.6 is 11.6 Å². The molecule has 2 atom stereocenters. The average Bonchev–Trinajstić information content (AvgIpc) is 2.46. The zero-order valence-electron chi connectivity index (χ0n) is 8.78. The minimum absolute atomic E-state index is 0.0507. The van der Waals surface area contributed by atoms with Gasteiger partial charge in [0.2, 0.25) is 0 Å². The predicted octanol–water partition coefficient (Wildman–Crippen LogP) is 1.16. The minimum Gasteiger partial charge on any atom is -0.383 e. The van der Waals surface area contributed by atoms with E-state index in [0.717, 1.165) is 12.8 Å². The summed E-state index contributed by atoms with van der Waals surface area (Å²) in [6.45, 7) is 0. The molecule has 15 heavy (non-hydrogen) atoms. The molecule has 2 rings (SSSR count). The molecule has 0 aromatic carbocycles. The lowest BCUT2D eigenvalue weighted by Gasteiger charge is -2.35. The third kappa shape index (κ3) is 1.89. The normalized spacial score (nSPS) is 31.9. The standard InChI is InChI=1S/C10H16ClN3O/c1-14-9(8(11)6-13-14)10(15)4-2-3-7(12)5-10/h6-7,15H,2-5,12H2,1H3. The van der Waals surface area contributed by atoms with Gasteiger partial charge in [-0.2, -0.15) is 5.10 Å². The smallest absolute Gasteiger partial charge is 0.109 e. The molecule has 1 aliphatic carbocycles. The molecule has 3 N–H and O–H groups in total. The molecule has 1 aromatic rings. The maximum absolute atomic E-state index is 10.5. The van der Waals surface area contributed by atoms with Crippen molar-refractivity contribution >= 4 is 11.6 Å². The first kappa shape index (κ1) is 10.9. The van der Waals surface area contributed by atoms with Crippen molar-refractivity contribution < 1.29 is 5.11 Å². The van der Waals surface area contributed by atoms with Crippen LogP contribution in [0.2, 0.25) is 5.02 Å². The molecular formula is C10H16ClN3O. The summed E-state index contributed by atoms with van der Waals surface area (Å²) in [6, 6.07) is 0.0507. The number of rotatable bonds is 1. The molecule has 0 spiro atoms. The summed E-state index contributed by atoms with van der Waals surface area (Å²) in [4.78, 5) is 0. The Morgan fingerprint density at radius 3 is 3.00 bits per heavy atom. The highest BCUT2D eigenvalue weighted by Crippen LogP contribution is 2.39. The van der Waals surface area contributed by atoms with Crippen molar-refractivity contribution in [2.75, 3.05) is 0 Å². The second-order valence-electron chi connectivity index (χ2n) is 4.35. The van der Waals surface area contributed by atoms with Gasteiger partial charge in [0.05, 0.1) is 16.9 Å². The van der Waals surface area contributed by atoms with E-state index in [0.29, 0.717) is 23.6 Å². The summed E-state index contributed by atoms with van der Waals surface area (Å²) in [6.07, 6.45) is 4.73. The highest BCUT2D eigenvalue weighted by molar-refractivity contribution is 6.31. The Labute approximate surface area is 94.0 Å². The van der Waals surface area contributed by atoms with Gasteiger partial charge in [-0.25, -0.2) is 0 Å². The number of hydrogen-bond acceptors (Lipinski definition) is 3. The summed E-state index contributed by atoms with van der Waals surface area (Å²) in [7, 11) is 1.79. The van der Waals surface area contributed by atoms with Gasteiger partial charge in [0, 0.05) is 13.1 Å². The fourth-order valence-electron chi connectivity index (χ4n) is 2.44. The Morgan fingerprint density at radius 1 is 1.73 bits per heavy atom. The summed E-state index contributed by atoms with van der Waals surface area (Å²) >= 11 is 6.03. The molecule has 0 saturated heterocycles. The quantitative estimate of drug-likeness (QED) is 0.760. The van der Waals surface area contributed by atoms with Crippen molar-refractivity contribution in [2.24, 2.45) is 12.8 Å². The van der Waals surface area contributed by atoms with Crippen LogP contribution in [0.5, 0.6) is 0 Å². The van der Waals surface area contributed by atoms with E-state index >= 15 is 0 Å². The van der Waals surface area contributed by atoms with Gasteiger partial charge in [-0.1, -0.05) is 11.6 Å². The second kappa shape index (κ2) is 3.77. The van der Waals surface area contributed by atoms with E-state index in [-0.39, 0.29) is 6.04 Å². The van der Waals surface area contributed by atoms with E-state index in [1.54, 1.807) is 17.9 Å². The van der Waals surface area contributed by atoms with Crippen LogP contribution in [0, 0.1) is 0 Å². The van der Waals surface area contributed by atoms with Gasteiger partial charge in [-0.3, -0.25) is 4.68 Å². The highest BCUT2D eigenvalue weighted by Gasteiger charge is 2.38. The van der Waals surface area contributed by atoms with E-state index in [4.69, 9.17) is 17.3 Å². The summed E-state index contributed by atoms with van der Waals surface area (Å²) in [5.74, 6) is 0. The van der Waals surface area contributed by atoms with Crippen molar-refractivity contribution in [1.82, 2.24) is 9.78 Å². The molecule has 0 radical (unpaired) electrons. The number of aromatic nitrogens is 2. The fourth-order valence-corrected chi connectivity index (χ4v) is 2.79. The SMILES string of the molecule is Cn1ncc(Cl)c1C1(O)CCCC(N)C1. The maximum Gasteiger partial charge on any atom is 0.109 e. The van der Waals surface area contributed by atoms with Gasteiger partial charge < -0.3 is 10.8 Å². The first-order valence-corrected chi connectivity index (χ1v) is 5.57. The van der Waals surface area contributed by atoms with Crippen molar-refractivity contribution in [3.8, 4) is 0 Å². The number of nitrogens with zero attached hydrogens (tertiary/aromatic N) is 2. The Kier molecular flexibility index (Phi) is 2.75. The zero-order valence-corrected chi connectivity index (χ0v) is 9.54. The Bertz CT molecular complexity index is 346. The molecule has 1 fully saturated rings. The Morgan fingerprint density at radius 2 is 2.47 bits per heavy atom. The van der Waals surface area contributed by atoms with E-state index in [2.05, 4.69) is 5.10 Å². The summed E-state index contributed by atoms with van der Waals surface area (Å²) in [5.41, 5.74) is 5.67. The molecule has 1 heterocycles. The summed E-state index contributed by atoms with van der Waals surface area (Å²) in [5, 5.41) is 15.1. The van der Waals surface area contributed by atoms with Crippen molar-refractivity contribution in [2.45, 2.75) is 37.3 Å². The highest BCUT2D eigenvalue weighted by atomic mass is 35.5. The maximum atomic E-state index is 10.5. The lowest BCUT2D eigenvalue weighted by Crippen LogP contribution is -2.40. The van der Waals surface area contributed by atoms with E-state index in [1.807, 2.05) is 0 Å². The molecule has 2 unspecified atom stereocenters. The number of halogens is 1. The largest absolute Gasteiger partial charge is 0.383 e.